The van der Waals surface area contributed by atoms with E-state index in [0.717, 1.165) is 17.0 Å². The summed E-state index contributed by atoms with van der Waals surface area (Å²) in [6, 6.07) is 9.06. The molecule has 1 aromatic carbocycles. The lowest BCUT2D eigenvalue weighted by molar-refractivity contribution is -0.137. The number of nitrogens with two attached hydrogens (primary N) is 1. The van der Waals surface area contributed by atoms with Gasteiger partial charge in [0.05, 0.1) is 29.9 Å². The maximum absolute atomic E-state index is 10.9. The van der Waals surface area contributed by atoms with Gasteiger partial charge < -0.3 is 20.6 Å². The van der Waals surface area contributed by atoms with Crippen LogP contribution in [0.2, 0.25) is 5.02 Å². The number of carboxylic acid groups (broad SMARTS) is 1. The molecular weight excluding hydrogens is 292 g/mol. The molecule has 112 valence electrons. The monoisotopic (exact) mass is 308 g/mol. The molecule has 0 saturated carbocycles. The van der Waals surface area contributed by atoms with Gasteiger partial charge in [0.25, 0.3) is 0 Å². The third-order valence-corrected chi connectivity index (χ3v) is 3.53. The predicted octanol–water partition coefficient (Wildman–Crippen LogP) is 3.06. The molecule has 1 heterocycles. The standard InChI is InChI=1S/C15H17ClN2O3/c16-13-4-3-10(11(8-17)7-15(19)20)6-14(13)18-9-12-2-1-5-21-12/h1-6,11,18H,7-9,17H2,(H,19,20)/t11-/m0/s1. The van der Waals surface area contributed by atoms with Gasteiger partial charge in [-0.05, 0) is 36.4 Å². The van der Waals surface area contributed by atoms with Crippen LogP contribution in [0.25, 0.3) is 0 Å². The van der Waals surface area contributed by atoms with Crippen LogP contribution in [0.15, 0.2) is 41.0 Å². The van der Waals surface area contributed by atoms with Crippen molar-refractivity contribution in [3.8, 4) is 0 Å². The van der Waals surface area contributed by atoms with Crippen LogP contribution in [-0.4, -0.2) is 17.6 Å². The van der Waals surface area contributed by atoms with E-state index in [0.29, 0.717) is 11.6 Å². The summed E-state index contributed by atoms with van der Waals surface area (Å²) in [5.74, 6) is -0.313. The highest BCUT2D eigenvalue weighted by Gasteiger charge is 2.15. The molecule has 5 nitrogen and oxygen atoms in total. The van der Waals surface area contributed by atoms with E-state index in [4.69, 9.17) is 26.9 Å². The van der Waals surface area contributed by atoms with E-state index >= 15 is 0 Å². The van der Waals surface area contributed by atoms with Gasteiger partial charge in [0.15, 0.2) is 0 Å². The molecule has 0 saturated heterocycles. The second-order valence-corrected chi connectivity index (χ2v) is 5.11. The first-order valence-electron chi connectivity index (χ1n) is 6.57. The van der Waals surface area contributed by atoms with Crippen molar-refractivity contribution in [3.05, 3.63) is 52.9 Å². The van der Waals surface area contributed by atoms with Crippen LogP contribution in [0.1, 0.15) is 23.7 Å². The molecule has 0 amide bonds. The van der Waals surface area contributed by atoms with Gasteiger partial charge in [-0.25, -0.2) is 0 Å². The number of aliphatic carboxylic acids is 1. The summed E-state index contributed by atoms with van der Waals surface area (Å²) < 4.78 is 5.24. The summed E-state index contributed by atoms with van der Waals surface area (Å²) in [6.45, 7) is 0.772. The van der Waals surface area contributed by atoms with Crippen molar-refractivity contribution in [1.82, 2.24) is 0 Å². The van der Waals surface area contributed by atoms with Crippen LogP contribution in [-0.2, 0) is 11.3 Å². The highest BCUT2D eigenvalue weighted by molar-refractivity contribution is 6.33. The van der Waals surface area contributed by atoms with Gasteiger partial charge in [-0.15, -0.1) is 0 Å². The van der Waals surface area contributed by atoms with Gasteiger partial charge in [-0.1, -0.05) is 17.7 Å². The molecule has 0 aliphatic rings. The zero-order valence-corrected chi connectivity index (χ0v) is 12.1. The number of hydrogen-bond donors (Lipinski definition) is 3. The summed E-state index contributed by atoms with van der Waals surface area (Å²) >= 11 is 6.15. The smallest absolute Gasteiger partial charge is 0.304 e. The Balaban J connectivity index is 2.13. The Morgan fingerprint density at radius 3 is 2.86 bits per heavy atom. The van der Waals surface area contributed by atoms with Crippen LogP contribution in [0.4, 0.5) is 5.69 Å². The molecule has 0 unspecified atom stereocenters. The molecule has 1 aromatic heterocycles. The lowest BCUT2D eigenvalue weighted by Crippen LogP contribution is -2.16. The van der Waals surface area contributed by atoms with Crippen molar-refractivity contribution in [2.24, 2.45) is 5.73 Å². The van der Waals surface area contributed by atoms with E-state index in [2.05, 4.69) is 5.32 Å². The van der Waals surface area contributed by atoms with Crippen LogP contribution in [0.3, 0.4) is 0 Å². The Bertz CT molecular complexity index is 599. The van der Waals surface area contributed by atoms with Gasteiger partial charge in [0, 0.05) is 5.92 Å². The van der Waals surface area contributed by atoms with E-state index < -0.39 is 5.97 Å². The first-order valence-corrected chi connectivity index (χ1v) is 6.95. The maximum Gasteiger partial charge on any atom is 0.304 e. The minimum atomic E-state index is -0.870. The molecule has 2 rings (SSSR count). The average molecular weight is 309 g/mol. The second kappa shape index (κ2) is 7.15. The zero-order chi connectivity index (χ0) is 15.2. The number of halogens is 1. The number of hydrogen-bond acceptors (Lipinski definition) is 4. The number of furan rings is 1. The molecule has 21 heavy (non-hydrogen) atoms. The Kier molecular flexibility index (Phi) is 5.25. The summed E-state index contributed by atoms with van der Waals surface area (Å²) in [4.78, 5) is 10.9. The summed E-state index contributed by atoms with van der Waals surface area (Å²) in [5, 5.41) is 12.7. The quantitative estimate of drug-likeness (QED) is 0.731. The van der Waals surface area contributed by atoms with Crippen molar-refractivity contribution in [2.45, 2.75) is 18.9 Å². The van der Waals surface area contributed by atoms with E-state index in [-0.39, 0.29) is 18.9 Å². The van der Waals surface area contributed by atoms with E-state index in [1.54, 1.807) is 18.4 Å². The minimum Gasteiger partial charge on any atom is -0.481 e. The van der Waals surface area contributed by atoms with Crippen molar-refractivity contribution in [1.29, 1.82) is 0 Å². The number of nitrogens with one attached hydrogen (secondary N) is 1. The van der Waals surface area contributed by atoms with Gasteiger partial charge >= 0.3 is 5.97 Å². The Labute approximate surface area is 127 Å². The van der Waals surface area contributed by atoms with Crippen LogP contribution >= 0.6 is 11.6 Å². The molecular formula is C15H17ClN2O3. The van der Waals surface area contributed by atoms with Crippen LogP contribution in [0, 0.1) is 0 Å². The summed E-state index contributed by atoms with van der Waals surface area (Å²) in [6.07, 6.45) is 1.60. The third kappa shape index (κ3) is 4.24. The fraction of sp³-hybridized carbons (Fsp3) is 0.267. The van der Waals surface area contributed by atoms with E-state index in [9.17, 15) is 4.79 Å². The average Bonchev–Trinajstić information content (AvgIpc) is 2.97. The first kappa shape index (κ1) is 15.4. The largest absolute Gasteiger partial charge is 0.481 e. The van der Waals surface area contributed by atoms with Crippen molar-refractivity contribution in [2.75, 3.05) is 11.9 Å². The highest BCUT2D eigenvalue weighted by atomic mass is 35.5. The fourth-order valence-electron chi connectivity index (χ4n) is 2.08. The SMILES string of the molecule is NC[C@H](CC(=O)O)c1ccc(Cl)c(NCc2ccco2)c1. The Morgan fingerprint density at radius 1 is 1.43 bits per heavy atom. The van der Waals surface area contributed by atoms with Gasteiger partial charge in [-0.3, -0.25) is 4.79 Å². The lowest BCUT2D eigenvalue weighted by atomic mass is 9.95. The molecule has 4 N–H and O–H groups in total. The van der Waals surface area contributed by atoms with Gasteiger partial charge in [0.2, 0.25) is 0 Å². The van der Waals surface area contributed by atoms with E-state index in [1.807, 2.05) is 18.2 Å². The number of carboxylic acids is 1. The molecule has 2 aromatic rings. The van der Waals surface area contributed by atoms with E-state index in [1.165, 1.54) is 0 Å². The predicted molar refractivity (Wildman–Crippen MR) is 81.5 cm³/mol. The molecule has 0 bridgehead atoms. The van der Waals surface area contributed by atoms with Crippen molar-refractivity contribution in [3.63, 3.8) is 0 Å². The molecule has 0 aliphatic heterocycles. The number of anilines is 1. The molecule has 0 fully saturated rings. The lowest BCUT2D eigenvalue weighted by Gasteiger charge is -2.15. The maximum atomic E-state index is 10.9. The summed E-state index contributed by atoms with van der Waals surface area (Å²) in [7, 11) is 0. The van der Waals surface area contributed by atoms with Crippen molar-refractivity contribution < 1.29 is 14.3 Å². The molecule has 0 aliphatic carbocycles. The first-order chi connectivity index (χ1) is 10.1. The normalized spacial score (nSPS) is 12.1. The van der Waals surface area contributed by atoms with Crippen LogP contribution in [0.5, 0.6) is 0 Å². The van der Waals surface area contributed by atoms with Gasteiger partial charge in [0.1, 0.15) is 5.76 Å². The Morgan fingerprint density at radius 2 is 2.24 bits per heavy atom. The molecule has 0 radical (unpaired) electrons. The summed E-state index contributed by atoms with van der Waals surface area (Å²) in [5.41, 5.74) is 7.24. The minimum absolute atomic E-state index is 0.00421. The fourth-order valence-corrected chi connectivity index (χ4v) is 2.26. The topological polar surface area (TPSA) is 88.5 Å². The van der Waals surface area contributed by atoms with Crippen LogP contribution < -0.4 is 11.1 Å². The number of benzene rings is 1. The third-order valence-electron chi connectivity index (χ3n) is 3.20. The zero-order valence-electron chi connectivity index (χ0n) is 11.4. The number of rotatable bonds is 7. The molecule has 1 atom stereocenters. The van der Waals surface area contributed by atoms with Gasteiger partial charge in [-0.2, -0.15) is 0 Å². The Hall–Kier alpha value is -1.98. The van der Waals surface area contributed by atoms with Crippen molar-refractivity contribution >= 4 is 23.3 Å². The highest BCUT2D eigenvalue weighted by Crippen LogP contribution is 2.28. The molecule has 0 spiro atoms. The number of carbonyl (C=O) groups is 1. The molecule has 6 heteroatoms. The second-order valence-electron chi connectivity index (χ2n) is 4.70.